The maximum absolute atomic E-state index is 11.8. The van der Waals surface area contributed by atoms with Gasteiger partial charge in [0.05, 0.1) is 11.4 Å². The fourth-order valence-corrected chi connectivity index (χ4v) is 4.42. The summed E-state index contributed by atoms with van der Waals surface area (Å²) < 4.78 is 26.1. The van der Waals surface area contributed by atoms with Crippen LogP contribution in [-0.4, -0.2) is 37.2 Å². The molecule has 0 aliphatic heterocycles. The maximum atomic E-state index is 11.8. The fraction of sp³-hybridized carbons (Fsp3) is 0.538. The molecule has 0 saturated heterocycles. The molecule has 1 saturated carbocycles. The number of benzene rings is 1. The molecule has 0 aromatic heterocycles. The van der Waals surface area contributed by atoms with Gasteiger partial charge in [0.2, 0.25) is 10.0 Å². The van der Waals surface area contributed by atoms with Gasteiger partial charge in [-0.1, -0.05) is 12.1 Å². The zero-order valence-electron chi connectivity index (χ0n) is 11.2. The second-order valence-corrected chi connectivity index (χ2v) is 8.17. The average Bonchev–Trinajstić information content (AvgIpc) is 2.36. The highest BCUT2D eigenvalue weighted by Crippen LogP contribution is 2.30. The van der Waals surface area contributed by atoms with Crippen LogP contribution >= 0.6 is 11.8 Å². The van der Waals surface area contributed by atoms with Crippen LogP contribution in [0.1, 0.15) is 19.3 Å². The predicted octanol–water partition coefficient (Wildman–Crippen LogP) is 1.20. The normalized spacial score (nSPS) is 17.6. The summed E-state index contributed by atoms with van der Waals surface area (Å²) in [6.45, 7) is 0.119. The fourth-order valence-electron chi connectivity index (χ4n) is 1.95. The van der Waals surface area contributed by atoms with Crippen LogP contribution in [0.3, 0.4) is 0 Å². The summed E-state index contributed by atoms with van der Waals surface area (Å²) in [5.41, 5.74) is 5.62. The molecule has 2 rings (SSSR count). The molecule has 0 radical (unpaired) electrons. The van der Waals surface area contributed by atoms with Gasteiger partial charge in [-0.2, -0.15) is 0 Å². The Morgan fingerprint density at radius 3 is 2.65 bits per heavy atom. The summed E-state index contributed by atoms with van der Waals surface area (Å²) in [7, 11) is -3.35. The highest BCUT2D eigenvalue weighted by atomic mass is 32.2. The molecule has 1 fully saturated rings. The molecule has 5 nitrogen and oxygen atoms in total. The van der Waals surface area contributed by atoms with E-state index in [9.17, 15) is 13.5 Å². The summed E-state index contributed by atoms with van der Waals surface area (Å²) in [6.07, 6.45) is 2.30. The van der Waals surface area contributed by atoms with Crippen molar-refractivity contribution in [2.75, 3.05) is 23.8 Å². The molecule has 0 heterocycles. The smallest absolute Gasteiger partial charge is 0.212 e. The Morgan fingerprint density at radius 1 is 1.35 bits per heavy atom. The van der Waals surface area contributed by atoms with Crippen molar-refractivity contribution in [1.29, 1.82) is 0 Å². The van der Waals surface area contributed by atoms with Gasteiger partial charge in [0.1, 0.15) is 0 Å². The molecule has 112 valence electrons. The van der Waals surface area contributed by atoms with Gasteiger partial charge < -0.3 is 10.8 Å². The minimum atomic E-state index is -3.35. The van der Waals surface area contributed by atoms with Crippen LogP contribution in [-0.2, 0) is 10.0 Å². The van der Waals surface area contributed by atoms with Crippen molar-refractivity contribution in [3.8, 4) is 0 Å². The lowest BCUT2D eigenvalue weighted by Gasteiger charge is -2.36. The van der Waals surface area contributed by atoms with Crippen LogP contribution in [0.4, 0.5) is 5.69 Å². The van der Waals surface area contributed by atoms with E-state index >= 15 is 0 Å². The highest BCUT2D eigenvalue weighted by molar-refractivity contribution is 8.00. The predicted molar refractivity (Wildman–Crippen MR) is 82.2 cm³/mol. The average molecular weight is 316 g/mol. The number of nitrogen functional groups attached to an aromatic ring is 1. The molecule has 1 aliphatic rings. The first-order valence-corrected chi connectivity index (χ1v) is 9.21. The molecule has 0 atom stereocenters. The third-order valence-corrected chi connectivity index (χ3v) is 6.11. The molecule has 0 unspecified atom stereocenters. The number of thioether (sulfide) groups is 1. The quantitative estimate of drug-likeness (QED) is 0.519. The van der Waals surface area contributed by atoms with Crippen LogP contribution < -0.4 is 10.5 Å². The Labute approximate surface area is 124 Å². The van der Waals surface area contributed by atoms with Crippen LogP contribution in [0.25, 0.3) is 0 Å². The second kappa shape index (κ2) is 6.34. The SMILES string of the molecule is Nc1ccccc1SCCS(=O)(=O)NCC1(O)CCC1. The van der Waals surface area contributed by atoms with Crippen LogP contribution in [0.2, 0.25) is 0 Å². The number of nitrogens with two attached hydrogens (primary N) is 1. The van der Waals surface area contributed by atoms with E-state index in [2.05, 4.69) is 4.72 Å². The van der Waals surface area contributed by atoms with Crippen molar-refractivity contribution in [2.24, 2.45) is 0 Å². The van der Waals surface area contributed by atoms with Crippen molar-refractivity contribution in [2.45, 2.75) is 29.8 Å². The van der Waals surface area contributed by atoms with E-state index in [4.69, 9.17) is 5.73 Å². The second-order valence-electron chi connectivity index (χ2n) is 5.10. The minimum Gasteiger partial charge on any atom is -0.398 e. The Bertz CT molecular complexity index is 556. The molecule has 1 aromatic rings. The van der Waals surface area contributed by atoms with E-state index < -0.39 is 15.6 Å². The number of anilines is 1. The van der Waals surface area contributed by atoms with E-state index in [1.807, 2.05) is 18.2 Å². The van der Waals surface area contributed by atoms with Gasteiger partial charge in [0.15, 0.2) is 0 Å². The first kappa shape index (κ1) is 15.6. The van der Waals surface area contributed by atoms with E-state index in [-0.39, 0.29) is 12.3 Å². The number of sulfonamides is 1. The largest absolute Gasteiger partial charge is 0.398 e. The van der Waals surface area contributed by atoms with Gasteiger partial charge in [0.25, 0.3) is 0 Å². The number of rotatable bonds is 7. The van der Waals surface area contributed by atoms with Crippen LogP contribution in [0.15, 0.2) is 29.2 Å². The van der Waals surface area contributed by atoms with Gasteiger partial charge in [-0.15, -0.1) is 11.8 Å². The van der Waals surface area contributed by atoms with E-state index in [0.717, 1.165) is 11.3 Å². The van der Waals surface area contributed by atoms with Gasteiger partial charge in [-0.05, 0) is 31.4 Å². The van der Waals surface area contributed by atoms with Crippen LogP contribution in [0.5, 0.6) is 0 Å². The summed E-state index contributed by atoms with van der Waals surface area (Å²) in [5, 5.41) is 9.86. The summed E-state index contributed by atoms with van der Waals surface area (Å²) in [4.78, 5) is 0.889. The molecule has 0 bridgehead atoms. The Balaban J connectivity index is 1.76. The Hall–Kier alpha value is -0.760. The monoisotopic (exact) mass is 316 g/mol. The molecular formula is C13H20N2O3S2. The maximum Gasteiger partial charge on any atom is 0.212 e. The zero-order chi connectivity index (χ0) is 14.6. The first-order chi connectivity index (χ1) is 9.40. The molecule has 1 aromatic carbocycles. The summed E-state index contributed by atoms with van der Waals surface area (Å²) >= 11 is 1.42. The molecular weight excluding hydrogens is 296 g/mol. The van der Waals surface area contributed by atoms with E-state index in [0.29, 0.717) is 24.3 Å². The summed E-state index contributed by atoms with van der Waals surface area (Å²) in [5.74, 6) is 0.448. The molecule has 20 heavy (non-hydrogen) atoms. The molecule has 7 heteroatoms. The van der Waals surface area contributed by atoms with Crippen molar-refractivity contribution >= 4 is 27.5 Å². The number of aliphatic hydroxyl groups is 1. The standard InChI is InChI=1S/C13H20N2O3S2/c14-11-4-1-2-5-12(11)19-8-9-20(17,18)15-10-13(16)6-3-7-13/h1-2,4-5,15-16H,3,6-10,14H2. The lowest BCUT2D eigenvalue weighted by molar-refractivity contribution is -0.0270. The lowest BCUT2D eigenvalue weighted by Crippen LogP contribution is -2.48. The van der Waals surface area contributed by atoms with Crippen molar-refractivity contribution in [3.05, 3.63) is 24.3 Å². The lowest BCUT2D eigenvalue weighted by atomic mass is 9.81. The van der Waals surface area contributed by atoms with Crippen molar-refractivity contribution in [3.63, 3.8) is 0 Å². The van der Waals surface area contributed by atoms with E-state index in [1.54, 1.807) is 6.07 Å². The first-order valence-electron chi connectivity index (χ1n) is 6.57. The molecule has 4 N–H and O–H groups in total. The number of para-hydroxylation sites is 1. The van der Waals surface area contributed by atoms with Crippen molar-refractivity contribution in [1.82, 2.24) is 4.72 Å². The number of hydrogen-bond donors (Lipinski definition) is 3. The third-order valence-electron chi connectivity index (χ3n) is 3.43. The topological polar surface area (TPSA) is 92.4 Å². The molecule has 1 aliphatic carbocycles. The summed E-state index contributed by atoms with van der Waals surface area (Å²) in [6, 6.07) is 7.38. The molecule has 0 amide bonds. The van der Waals surface area contributed by atoms with Gasteiger partial charge in [-0.3, -0.25) is 0 Å². The Morgan fingerprint density at radius 2 is 2.05 bits per heavy atom. The van der Waals surface area contributed by atoms with Crippen molar-refractivity contribution < 1.29 is 13.5 Å². The number of hydrogen-bond acceptors (Lipinski definition) is 5. The van der Waals surface area contributed by atoms with Gasteiger partial charge in [-0.25, -0.2) is 13.1 Å². The van der Waals surface area contributed by atoms with Crippen LogP contribution in [0, 0.1) is 0 Å². The van der Waals surface area contributed by atoms with Gasteiger partial charge >= 0.3 is 0 Å². The van der Waals surface area contributed by atoms with Gasteiger partial charge in [0, 0.05) is 22.9 Å². The minimum absolute atomic E-state index is 0.0160. The highest BCUT2D eigenvalue weighted by Gasteiger charge is 2.35. The zero-order valence-corrected chi connectivity index (χ0v) is 12.8. The number of nitrogens with one attached hydrogen (secondary N) is 1. The third kappa shape index (κ3) is 4.37. The molecule has 0 spiro atoms. The Kier molecular flexibility index (Phi) is 4.95. The van der Waals surface area contributed by atoms with E-state index in [1.165, 1.54) is 11.8 Å².